The fourth-order valence-electron chi connectivity index (χ4n) is 1.73. The number of aliphatic hydroxyl groups is 1. The number of hydrogen-bond donors (Lipinski definition) is 1. The predicted molar refractivity (Wildman–Crippen MR) is 60.9 cm³/mol. The van der Waals surface area contributed by atoms with Gasteiger partial charge in [0.1, 0.15) is 5.60 Å². The first-order valence-electron chi connectivity index (χ1n) is 5.66. The van der Waals surface area contributed by atoms with Crippen LogP contribution in [0.15, 0.2) is 6.20 Å². The van der Waals surface area contributed by atoms with Crippen LogP contribution in [0.25, 0.3) is 0 Å². The van der Waals surface area contributed by atoms with E-state index in [0.29, 0.717) is 0 Å². The molecule has 1 N–H and O–H groups in total. The van der Waals surface area contributed by atoms with Crippen LogP contribution in [-0.4, -0.2) is 33.8 Å². The molecule has 1 aromatic rings. The van der Waals surface area contributed by atoms with Crippen molar-refractivity contribution in [3.63, 3.8) is 0 Å². The molecule has 1 aromatic heterocycles. The van der Waals surface area contributed by atoms with E-state index >= 15 is 0 Å². The van der Waals surface area contributed by atoms with Crippen molar-refractivity contribution in [2.45, 2.75) is 39.3 Å². The minimum atomic E-state index is -1.02. The van der Waals surface area contributed by atoms with Crippen LogP contribution in [0.5, 0.6) is 0 Å². The van der Waals surface area contributed by atoms with Crippen molar-refractivity contribution in [2.24, 2.45) is 5.92 Å². The van der Waals surface area contributed by atoms with Gasteiger partial charge in [-0.1, -0.05) is 26.0 Å². The van der Waals surface area contributed by atoms with E-state index in [1.807, 2.05) is 13.8 Å². The molecule has 0 amide bonds. The van der Waals surface area contributed by atoms with E-state index in [9.17, 15) is 5.11 Å². The number of rotatable bonds is 6. The summed E-state index contributed by atoms with van der Waals surface area (Å²) < 4.78 is 6.86. The monoisotopic (exact) mass is 227 g/mol. The molecule has 1 atom stereocenters. The fraction of sp³-hybridized carbons (Fsp3) is 0.818. The summed E-state index contributed by atoms with van der Waals surface area (Å²) in [6.45, 7) is 7.00. The maximum Gasteiger partial charge on any atom is 0.133 e. The third-order valence-corrected chi connectivity index (χ3v) is 2.82. The van der Waals surface area contributed by atoms with Crippen molar-refractivity contribution < 1.29 is 9.84 Å². The van der Waals surface area contributed by atoms with Crippen molar-refractivity contribution in [1.82, 2.24) is 15.0 Å². The molecule has 0 radical (unpaired) electrons. The van der Waals surface area contributed by atoms with Crippen LogP contribution in [-0.2, 0) is 16.9 Å². The summed E-state index contributed by atoms with van der Waals surface area (Å²) in [5, 5.41) is 18.5. The van der Waals surface area contributed by atoms with E-state index in [1.54, 1.807) is 18.0 Å². The lowest BCUT2D eigenvalue weighted by Gasteiger charge is -2.31. The van der Waals surface area contributed by atoms with Gasteiger partial charge in [0, 0.05) is 13.7 Å². The number of methoxy groups -OCH3 is 1. The normalized spacial score (nSPS) is 15.4. The Balaban J connectivity index is 3.05. The fourth-order valence-corrected chi connectivity index (χ4v) is 1.73. The highest BCUT2D eigenvalue weighted by Gasteiger charge is 2.36. The summed E-state index contributed by atoms with van der Waals surface area (Å²) in [5.74, 6) is 0.0431. The largest absolute Gasteiger partial charge is 0.381 e. The highest BCUT2D eigenvalue weighted by Crippen LogP contribution is 2.29. The molecule has 92 valence electrons. The zero-order valence-corrected chi connectivity index (χ0v) is 10.5. The van der Waals surface area contributed by atoms with Crippen LogP contribution in [0.1, 0.15) is 32.9 Å². The van der Waals surface area contributed by atoms with Crippen LogP contribution in [0, 0.1) is 5.92 Å². The van der Waals surface area contributed by atoms with Gasteiger partial charge in [-0.05, 0) is 12.3 Å². The van der Waals surface area contributed by atoms with Crippen LogP contribution in [0.2, 0.25) is 0 Å². The van der Waals surface area contributed by atoms with E-state index in [1.165, 1.54) is 0 Å². The van der Waals surface area contributed by atoms with Gasteiger partial charge >= 0.3 is 0 Å². The van der Waals surface area contributed by atoms with Gasteiger partial charge in [-0.25, -0.2) is 4.68 Å². The standard InChI is InChI=1S/C11H21N3O2/c1-5-6-14-10(7-12-13-14)11(15,8-16-4)9(2)3/h7,9,15H,5-6,8H2,1-4H3. The lowest BCUT2D eigenvalue weighted by atomic mass is 9.88. The molecular weight excluding hydrogens is 206 g/mol. The molecule has 0 fully saturated rings. The smallest absolute Gasteiger partial charge is 0.133 e. The van der Waals surface area contributed by atoms with Gasteiger partial charge in [0.15, 0.2) is 0 Å². The molecule has 5 nitrogen and oxygen atoms in total. The Kier molecular flexibility index (Phi) is 4.44. The molecule has 0 aromatic carbocycles. The third-order valence-electron chi connectivity index (χ3n) is 2.82. The zero-order valence-electron chi connectivity index (χ0n) is 10.5. The van der Waals surface area contributed by atoms with Crippen LogP contribution < -0.4 is 0 Å². The average Bonchev–Trinajstić information content (AvgIpc) is 2.67. The van der Waals surface area contributed by atoms with Crippen molar-refractivity contribution in [3.8, 4) is 0 Å². The van der Waals surface area contributed by atoms with Crippen LogP contribution in [0.4, 0.5) is 0 Å². The maximum atomic E-state index is 10.6. The van der Waals surface area contributed by atoms with Crippen molar-refractivity contribution in [1.29, 1.82) is 0 Å². The molecule has 0 bridgehead atoms. The summed E-state index contributed by atoms with van der Waals surface area (Å²) in [4.78, 5) is 0. The van der Waals surface area contributed by atoms with E-state index in [2.05, 4.69) is 17.2 Å². The van der Waals surface area contributed by atoms with Gasteiger partial charge in [0.05, 0.1) is 18.5 Å². The van der Waals surface area contributed by atoms with Crippen molar-refractivity contribution >= 4 is 0 Å². The Labute approximate surface area is 96.4 Å². The molecular formula is C11H21N3O2. The average molecular weight is 227 g/mol. The first-order chi connectivity index (χ1) is 7.56. The van der Waals surface area contributed by atoms with Crippen LogP contribution >= 0.6 is 0 Å². The molecule has 0 aliphatic carbocycles. The minimum absolute atomic E-state index is 0.0431. The topological polar surface area (TPSA) is 60.2 Å². The van der Waals surface area contributed by atoms with Crippen LogP contribution in [0.3, 0.4) is 0 Å². The van der Waals surface area contributed by atoms with E-state index in [4.69, 9.17) is 4.74 Å². The number of aryl methyl sites for hydroxylation is 1. The lowest BCUT2D eigenvalue weighted by molar-refractivity contribution is -0.0760. The Bertz CT molecular complexity index is 325. The summed E-state index contributed by atoms with van der Waals surface area (Å²) in [6.07, 6.45) is 2.58. The second kappa shape index (κ2) is 5.41. The van der Waals surface area contributed by atoms with E-state index < -0.39 is 5.60 Å². The molecule has 0 saturated heterocycles. The molecule has 16 heavy (non-hydrogen) atoms. The number of aromatic nitrogens is 3. The molecule has 0 aliphatic heterocycles. The summed E-state index contributed by atoms with van der Waals surface area (Å²) in [6, 6.07) is 0. The molecule has 0 saturated carbocycles. The third kappa shape index (κ3) is 2.41. The molecule has 0 aliphatic rings. The molecule has 1 unspecified atom stereocenters. The molecule has 1 heterocycles. The first-order valence-corrected chi connectivity index (χ1v) is 5.66. The Morgan fingerprint density at radius 2 is 2.25 bits per heavy atom. The predicted octanol–water partition coefficient (Wildman–Crippen LogP) is 1.18. The summed E-state index contributed by atoms with van der Waals surface area (Å²) >= 11 is 0. The van der Waals surface area contributed by atoms with Crippen molar-refractivity contribution in [3.05, 3.63) is 11.9 Å². The van der Waals surface area contributed by atoms with Gasteiger partial charge in [-0.15, -0.1) is 5.10 Å². The summed E-state index contributed by atoms with van der Waals surface area (Å²) in [5.41, 5.74) is -0.292. The van der Waals surface area contributed by atoms with Gasteiger partial charge in [0.2, 0.25) is 0 Å². The molecule has 5 heteroatoms. The SMILES string of the molecule is CCCn1nncc1C(O)(COC)C(C)C. The second-order valence-electron chi connectivity index (χ2n) is 4.35. The number of nitrogens with zero attached hydrogens (tertiary/aromatic N) is 3. The van der Waals surface area contributed by atoms with E-state index in [-0.39, 0.29) is 12.5 Å². The molecule has 0 spiro atoms. The van der Waals surface area contributed by atoms with Gasteiger partial charge < -0.3 is 9.84 Å². The number of hydrogen-bond acceptors (Lipinski definition) is 4. The maximum absolute atomic E-state index is 10.6. The Morgan fingerprint density at radius 3 is 2.75 bits per heavy atom. The quantitative estimate of drug-likeness (QED) is 0.792. The highest BCUT2D eigenvalue weighted by atomic mass is 16.5. The Hall–Kier alpha value is -0.940. The zero-order chi connectivity index (χ0) is 12.2. The highest BCUT2D eigenvalue weighted by molar-refractivity contribution is 5.09. The second-order valence-corrected chi connectivity index (χ2v) is 4.35. The Morgan fingerprint density at radius 1 is 1.56 bits per heavy atom. The number of ether oxygens (including phenoxy) is 1. The first kappa shape index (κ1) is 13.1. The van der Waals surface area contributed by atoms with Crippen molar-refractivity contribution in [2.75, 3.05) is 13.7 Å². The van der Waals surface area contributed by atoms with E-state index in [0.717, 1.165) is 18.7 Å². The molecule has 1 rings (SSSR count). The van der Waals surface area contributed by atoms with Gasteiger partial charge in [0.25, 0.3) is 0 Å². The lowest BCUT2D eigenvalue weighted by Crippen LogP contribution is -2.39. The minimum Gasteiger partial charge on any atom is -0.381 e. The van der Waals surface area contributed by atoms with Gasteiger partial charge in [-0.2, -0.15) is 0 Å². The summed E-state index contributed by atoms with van der Waals surface area (Å²) in [7, 11) is 1.58. The van der Waals surface area contributed by atoms with Gasteiger partial charge in [-0.3, -0.25) is 0 Å².